The summed E-state index contributed by atoms with van der Waals surface area (Å²) in [5.74, 6) is 2.01. The molecule has 0 saturated heterocycles. The van der Waals surface area contributed by atoms with Crippen molar-refractivity contribution in [2.24, 2.45) is 11.8 Å². The van der Waals surface area contributed by atoms with Gasteiger partial charge in [0.25, 0.3) is 0 Å². The van der Waals surface area contributed by atoms with Crippen molar-refractivity contribution in [1.82, 2.24) is 5.32 Å². The van der Waals surface area contributed by atoms with Crippen molar-refractivity contribution in [1.29, 1.82) is 0 Å². The lowest BCUT2D eigenvalue weighted by Gasteiger charge is -2.26. The quantitative estimate of drug-likeness (QED) is 0.848. The van der Waals surface area contributed by atoms with Crippen molar-refractivity contribution in [2.75, 3.05) is 0 Å². The van der Waals surface area contributed by atoms with Gasteiger partial charge in [0.1, 0.15) is 0 Å². The van der Waals surface area contributed by atoms with E-state index in [9.17, 15) is 0 Å². The molecule has 4 atom stereocenters. The lowest BCUT2D eigenvalue weighted by atomic mass is 9.94. The average molecular weight is 250 g/mol. The molecule has 3 rings (SSSR count). The van der Waals surface area contributed by atoms with Gasteiger partial charge < -0.3 is 5.32 Å². The van der Waals surface area contributed by atoms with Crippen LogP contribution in [-0.2, 0) is 0 Å². The maximum absolute atomic E-state index is 5.92. The second-order valence-electron chi connectivity index (χ2n) is 5.64. The van der Waals surface area contributed by atoms with E-state index in [4.69, 9.17) is 11.6 Å². The Balaban J connectivity index is 1.62. The van der Waals surface area contributed by atoms with Gasteiger partial charge in [0.05, 0.1) is 0 Å². The Morgan fingerprint density at radius 2 is 2.00 bits per heavy atom. The third-order valence-electron chi connectivity index (χ3n) is 4.42. The standard InChI is InChI=1S/C15H20ClN/c1-10(11-5-7-13(16)8-6-11)17-15-4-2-3-12-9-14(12)15/h5-8,10,12,14-15,17H,2-4,9H2,1H3/t10?,12-,14+,15?/m0/s1. The van der Waals surface area contributed by atoms with Crippen LogP contribution in [0.25, 0.3) is 0 Å². The van der Waals surface area contributed by atoms with Crippen LogP contribution in [0.1, 0.15) is 44.2 Å². The number of fused-ring (bicyclic) bond motifs is 1. The molecule has 0 bridgehead atoms. The van der Waals surface area contributed by atoms with E-state index in [2.05, 4.69) is 24.4 Å². The highest BCUT2D eigenvalue weighted by atomic mass is 35.5. The summed E-state index contributed by atoms with van der Waals surface area (Å²) in [7, 11) is 0. The molecule has 0 spiro atoms. The molecule has 1 aromatic rings. The maximum atomic E-state index is 5.92. The first-order chi connectivity index (χ1) is 8.24. The SMILES string of the molecule is CC(NC1CCC[C@H]2C[C@@H]12)c1ccc(Cl)cc1. The minimum Gasteiger partial charge on any atom is -0.307 e. The lowest BCUT2D eigenvalue weighted by molar-refractivity contribution is 0.329. The fraction of sp³-hybridized carbons (Fsp3) is 0.600. The number of halogens is 1. The number of hydrogen-bond acceptors (Lipinski definition) is 1. The van der Waals surface area contributed by atoms with Gasteiger partial charge in [-0.3, -0.25) is 0 Å². The van der Waals surface area contributed by atoms with E-state index in [-0.39, 0.29) is 0 Å². The summed E-state index contributed by atoms with van der Waals surface area (Å²) in [4.78, 5) is 0. The normalized spacial score (nSPS) is 32.9. The zero-order valence-electron chi connectivity index (χ0n) is 10.3. The molecule has 2 fully saturated rings. The molecular formula is C15H20ClN. The first-order valence-corrected chi connectivity index (χ1v) is 7.13. The lowest BCUT2D eigenvalue weighted by Crippen LogP contribution is -2.35. The minimum atomic E-state index is 0.441. The van der Waals surface area contributed by atoms with Gasteiger partial charge in [-0.15, -0.1) is 0 Å². The molecule has 0 radical (unpaired) electrons. The van der Waals surface area contributed by atoms with Crippen LogP contribution in [0.5, 0.6) is 0 Å². The van der Waals surface area contributed by atoms with Crippen molar-refractivity contribution >= 4 is 11.6 Å². The van der Waals surface area contributed by atoms with Crippen LogP contribution >= 0.6 is 11.6 Å². The highest BCUT2D eigenvalue weighted by Crippen LogP contribution is 2.49. The molecule has 2 unspecified atom stereocenters. The molecule has 0 aromatic heterocycles. The molecule has 92 valence electrons. The summed E-state index contributed by atoms with van der Waals surface area (Å²) in [6.07, 6.45) is 5.70. The second kappa shape index (κ2) is 4.62. The monoisotopic (exact) mass is 249 g/mol. The smallest absolute Gasteiger partial charge is 0.0406 e. The largest absolute Gasteiger partial charge is 0.307 e. The van der Waals surface area contributed by atoms with Gasteiger partial charge in [-0.25, -0.2) is 0 Å². The Morgan fingerprint density at radius 3 is 2.76 bits per heavy atom. The number of benzene rings is 1. The Kier molecular flexibility index (Phi) is 3.14. The molecule has 2 aliphatic rings. The molecular weight excluding hydrogens is 230 g/mol. The minimum absolute atomic E-state index is 0.441. The predicted molar refractivity (Wildman–Crippen MR) is 72.2 cm³/mol. The van der Waals surface area contributed by atoms with Gasteiger partial charge in [0.15, 0.2) is 0 Å². The van der Waals surface area contributed by atoms with Gasteiger partial charge in [-0.1, -0.05) is 36.6 Å². The van der Waals surface area contributed by atoms with Crippen molar-refractivity contribution in [3.8, 4) is 0 Å². The summed E-state index contributed by atoms with van der Waals surface area (Å²) >= 11 is 5.92. The van der Waals surface area contributed by atoms with Gasteiger partial charge in [0, 0.05) is 17.1 Å². The summed E-state index contributed by atoms with van der Waals surface area (Å²) in [6, 6.07) is 9.42. The van der Waals surface area contributed by atoms with Crippen LogP contribution in [0.15, 0.2) is 24.3 Å². The number of nitrogens with one attached hydrogen (secondary N) is 1. The van der Waals surface area contributed by atoms with E-state index in [1.165, 1.54) is 31.2 Å². The third-order valence-corrected chi connectivity index (χ3v) is 4.67. The maximum Gasteiger partial charge on any atom is 0.0406 e. The highest BCUT2D eigenvalue weighted by Gasteiger charge is 2.45. The second-order valence-corrected chi connectivity index (χ2v) is 6.07. The predicted octanol–water partition coefficient (Wildman–Crippen LogP) is 4.18. The summed E-state index contributed by atoms with van der Waals surface area (Å²) in [6.45, 7) is 2.26. The van der Waals surface area contributed by atoms with E-state index >= 15 is 0 Å². The summed E-state index contributed by atoms with van der Waals surface area (Å²) < 4.78 is 0. The molecule has 1 nitrogen and oxygen atoms in total. The molecule has 0 amide bonds. The number of rotatable bonds is 3. The summed E-state index contributed by atoms with van der Waals surface area (Å²) in [5, 5.41) is 4.62. The van der Waals surface area contributed by atoms with E-state index in [1.807, 2.05) is 12.1 Å². The molecule has 2 saturated carbocycles. The number of hydrogen-bond donors (Lipinski definition) is 1. The molecule has 1 N–H and O–H groups in total. The van der Waals surface area contributed by atoms with Crippen LogP contribution in [-0.4, -0.2) is 6.04 Å². The van der Waals surface area contributed by atoms with Crippen LogP contribution in [0, 0.1) is 11.8 Å². The third kappa shape index (κ3) is 2.51. The average Bonchev–Trinajstić information content (AvgIpc) is 3.10. The molecule has 0 aliphatic heterocycles. The first kappa shape index (κ1) is 11.6. The Hall–Kier alpha value is -0.530. The fourth-order valence-electron chi connectivity index (χ4n) is 3.29. The van der Waals surface area contributed by atoms with E-state index in [0.717, 1.165) is 22.9 Å². The van der Waals surface area contributed by atoms with Crippen LogP contribution in [0.2, 0.25) is 5.02 Å². The van der Waals surface area contributed by atoms with Crippen molar-refractivity contribution in [3.05, 3.63) is 34.9 Å². The first-order valence-electron chi connectivity index (χ1n) is 6.75. The van der Waals surface area contributed by atoms with Crippen molar-refractivity contribution in [2.45, 2.75) is 44.7 Å². The van der Waals surface area contributed by atoms with Crippen molar-refractivity contribution < 1.29 is 0 Å². The van der Waals surface area contributed by atoms with Gasteiger partial charge in [0.2, 0.25) is 0 Å². The Bertz CT molecular complexity index is 386. The van der Waals surface area contributed by atoms with E-state index < -0.39 is 0 Å². The van der Waals surface area contributed by atoms with E-state index in [0.29, 0.717) is 6.04 Å². The molecule has 2 aliphatic carbocycles. The van der Waals surface area contributed by atoms with Crippen LogP contribution < -0.4 is 5.32 Å². The molecule has 1 aromatic carbocycles. The van der Waals surface area contributed by atoms with Crippen LogP contribution in [0.4, 0.5) is 0 Å². The fourth-order valence-corrected chi connectivity index (χ4v) is 3.41. The van der Waals surface area contributed by atoms with E-state index in [1.54, 1.807) is 0 Å². The Morgan fingerprint density at radius 1 is 1.24 bits per heavy atom. The highest BCUT2D eigenvalue weighted by molar-refractivity contribution is 6.30. The van der Waals surface area contributed by atoms with Gasteiger partial charge >= 0.3 is 0 Å². The Labute approximate surface area is 109 Å². The molecule has 17 heavy (non-hydrogen) atoms. The van der Waals surface area contributed by atoms with Gasteiger partial charge in [-0.05, 0) is 49.3 Å². The molecule has 2 heteroatoms. The summed E-state index contributed by atoms with van der Waals surface area (Å²) in [5.41, 5.74) is 1.34. The van der Waals surface area contributed by atoms with Crippen molar-refractivity contribution in [3.63, 3.8) is 0 Å². The zero-order valence-corrected chi connectivity index (χ0v) is 11.1. The molecule has 0 heterocycles. The zero-order chi connectivity index (χ0) is 11.8. The topological polar surface area (TPSA) is 12.0 Å². The van der Waals surface area contributed by atoms with Crippen LogP contribution in [0.3, 0.4) is 0 Å². The van der Waals surface area contributed by atoms with Gasteiger partial charge in [-0.2, -0.15) is 0 Å².